The van der Waals surface area contributed by atoms with E-state index in [2.05, 4.69) is 21.6 Å². The van der Waals surface area contributed by atoms with E-state index in [1.807, 2.05) is 13.8 Å². The monoisotopic (exact) mass is 257 g/mol. The molecule has 5 nitrogen and oxygen atoms in total. The molecule has 0 fully saturated rings. The zero-order valence-electron chi connectivity index (χ0n) is 10.5. The van der Waals surface area contributed by atoms with Crippen LogP contribution in [0, 0.1) is 0 Å². The molecule has 1 aromatic rings. The summed E-state index contributed by atoms with van der Waals surface area (Å²) in [6, 6.07) is 0. The molecule has 0 saturated carbocycles. The molecule has 1 aromatic heterocycles. The fraction of sp³-hybridized carbons (Fsp3) is 0.727. The lowest BCUT2D eigenvalue weighted by Gasteiger charge is -2.27. The highest BCUT2D eigenvalue weighted by atomic mass is 32.1. The maximum Gasteiger partial charge on any atom is 0.329 e. The first-order valence-electron chi connectivity index (χ1n) is 5.92. The van der Waals surface area contributed by atoms with Crippen LogP contribution in [0.25, 0.3) is 0 Å². The minimum absolute atomic E-state index is 0.515. The maximum atomic E-state index is 11.3. The van der Waals surface area contributed by atoms with Gasteiger partial charge in [-0.05, 0) is 19.3 Å². The van der Waals surface area contributed by atoms with Gasteiger partial charge >= 0.3 is 5.97 Å². The second-order valence-electron chi connectivity index (χ2n) is 3.99. The van der Waals surface area contributed by atoms with Crippen molar-refractivity contribution in [3.8, 4) is 0 Å². The van der Waals surface area contributed by atoms with E-state index >= 15 is 0 Å². The summed E-state index contributed by atoms with van der Waals surface area (Å²) in [4.78, 5) is 15.6. The maximum absolute atomic E-state index is 11.3. The fourth-order valence-corrected chi connectivity index (χ4v) is 2.33. The van der Waals surface area contributed by atoms with Crippen molar-refractivity contribution in [1.82, 2.24) is 9.36 Å². The molecule has 0 aromatic carbocycles. The third-order valence-corrected chi connectivity index (χ3v) is 3.57. The first-order valence-corrected chi connectivity index (χ1v) is 6.69. The Balaban J connectivity index is 2.82. The van der Waals surface area contributed by atoms with Crippen LogP contribution >= 0.6 is 11.5 Å². The van der Waals surface area contributed by atoms with Crippen LogP contribution in [0.2, 0.25) is 0 Å². The Morgan fingerprint density at radius 3 is 2.53 bits per heavy atom. The average Bonchev–Trinajstić information content (AvgIpc) is 2.73. The molecule has 6 heteroatoms. The minimum atomic E-state index is -0.928. The van der Waals surface area contributed by atoms with E-state index in [1.165, 1.54) is 11.5 Å². The van der Waals surface area contributed by atoms with Gasteiger partial charge < -0.3 is 10.4 Å². The number of nitrogens with one attached hydrogen (secondary N) is 1. The van der Waals surface area contributed by atoms with Crippen LogP contribution in [0.3, 0.4) is 0 Å². The number of carboxylic acid groups (broad SMARTS) is 1. The summed E-state index contributed by atoms with van der Waals surface area (Å²) in [5, 5.41) is 12.9. The third-order valence-electron chi connectivity index (χ3n) is 2.90. The van der Waals surface area contributed by atoms with E-state index in [1.54, 1.807) is 0 Å². The van der Waals surface area contributed by atoms with Crippen molar-refractivity contribution in [2.75, 3.05) is 5.32 Å². The fourth-order valence-electron chi connectivity index (χ4n) is 1.62. The molecule has 0 saturated heterocycles. The van der Waals surface area contributed by atoms with Crippen molar-refractivity contribution in [1.29, 1.82) is 0 Å². The Morgan fingerprint density at radius 2 is 2.06 bits per heavy atom. The second kappa shape index (κ2) is 5.95. The molecule has 0 atom stereocenters. The van der Waals surface area contributed by atoms with E-state index in [-0.39, 0.29) is 0 Å². The molecule has 0 aliphatic rings. The van der Waals surface area contributed by atoms with Crippen LogP contribution in [0.4, 0.5) is 5.13 Å². The number of hydrogen-bond acceptors (Lipinski definition) is 5. The van der Waals surface area contributed by atoms with Gasteiger partial charge in [-0.15, -0.1) is 0 Å². The van der Waals surface area contributed by atoms with Crippen LogP contribution in [0.1, 0.15) is 45.9 Å². The molecule has 0 spiro atoms. The summed E-state index contributed by atoms with van der Waals surface area (Å²) in [6.45, 7) is 5.78. The number of rotatable bonds is 7. The predicted octanol–water partition coefficient (Wildman–Crippen LogP) is 2.55. The van der Waals surface area contributed by atoms with Gasteiger partial charge in [0, 0.05) is 18.0 Å². The number of hydrogen-bond donors (Lipinski definition) is 2. The quantitative estimate of drug-likeness (QED) is 0.785. The Morgan fingerprint density at radius 1 is 1.41 bits per heavy atom. The lowest BCUT2D eigenvalue weighted by atomic mass is 9.93. The van der Waals surface area contributed by atoms with Gasteiger partial charge in [0.2, 0.25) is 5.13 Å². The Kier molecular flexibility index (Phi) is 4.86. The smallest absolute Gasteiger partial charge is 0.329 e. The SMILES string of the molecule is CCCc1nsc(NC(CC)(CC)C(=O)O)n1. The molecule has 0 aliphatic heterocycles. The molecule has 0 radical (unpaired) electrons. The van der Waals surface area contributed by atoms with E-state index in [4.69, 9.17) is 0 Å². The van der Waals surface area contributed by atoms with Gasteiger partial charge in [-0.3, -0.25) is 0 Å². The van der Waals surface area contributed by atoms with Gasteiger partial charge in [0.05, 0.1) is 0 Å². The number of aromatic nitrogens is 2. The highest BCUT2D eigenvalue weighted by Crippen LogP contribution is 2.24. The number of anilines is 1. The van der Waals surface area contributed by atoms with Crippen LogP contribution in [-0.2, 0) is 11.2 Å². The van der Waals surface area contributed by atoms with E-state index in [9.17, 15) is 9.90 Å². The van der Waals surface area contributed by atoms with Crippen molar-refractivity contribution in [2.24, 2.45) is 0 Å². The van der Waals surface area contributed by atoms with Crippen molar-refractivity contribution in [2.45, 2.75) is 52.0 Å². The predicted molar refractivity (Wildman–Crippen MR) is 68.5 cm³/mol. The molecule has 0 aliphatic carbocycles. The van der Waals surface area contributed by atoms with E-state index in [0.717, 1.165) is 18.7 Å². The van der Waals surface area contributed by atoms with Gasteiger partial charge in [0.1, 0.15) is 11.4 Å². The molecule has 0 unspecified atom stereocenters. The van der Waals surface area contributed by atoms with Gasteiger partial charge in [0.15, 0.2) is 0 Å². The molecule has 1 heterocycles. The summed E-state index contributed by atoms with van der Waals surface area (Å²) in [5.41, 5.74) is -0.928. The van der Waals surface area contributed by atoms with Crippen molar-refractivity contribution in [3.05, 3.63) is 5.82 Å². The highest BCUT2D eigenvalue weighted by Gasteiger charge is 2.35. The standard InChI is InChI=1S/C11H19N3O2S/c1-4-7-8-12-10(17-14-8)13-11(5-2,6-3)9(15)16/h4-7H2,1-3H3,(H,15,16)(H,12,13,14). The van der Waals surface area contributed by atoms with Gasteiger partial charge in [-0.2, -0.15) is 4.37 Å². The molecule has 0 amide bonds. The Hall–Kier alpha value is -1.17. The van der Waals surface area contributed by atoms with Crippen molar-refractivity contribution in [3.63, 3.8) is 0 Å². The molecule has 2 N–H and O–H groups in total. The first kappa shape index (κ1) is 13.9. The zero-order chi connectivity index (χ0) is 12.9. The third kappa shape index (κ3) is 3.15. The summed E-state index contributed by atoms with van der Waals surface area (Å²) in [5.74, 6) is -0.0544. The topological polar surface area (TPSA) is 75.1 Å². The number of carbonyl (C=O) groups is 1. The first-order chi connectivity index (χ1) is 8.07. The van der Waals surface area contributed by atoms with Crippen LogP contribution in [0.15, 0.2) is 0 Å². The summed E-state index contributed by atoms with van der Waals surface area (Å²) < 4.78 is 4.19. The summed E-state index contributed by atoms with van der Waals surface area (Å²) in [7, 11) is 0. The summed E-state index contributed by atoms with van der Waals surface area (Å²) >= 11 is 1.23. The second-order valence-corrected chi connectivity index (χ2v) is 4.74. The average molecular weight is 257 g/mol. The lowest BCUT2D eigenvalue weighted by Crippen LogP contribution is -2.45. The van der Waals surface area contributed by atoms with Gasteiger partial charge in [-0.1, -0.05) is 20.8 Å². The molecule has 96 valence electrons. The normalized spacial score (nSPS) is 11.5. The van der Waals surface area contributed by atoms with Gasteiger partial charge in [0.25, 0.3) is 0 Å². The Labute approximate surface area is 105 Å². The number of carboxylic acids is 1. The minimum Gasteiger partial charge on any atom is -0.480 e. The van der Waals surface area contributed by atoms with Crippen LogP contribution in [0.5, 0.6) is 0 Å². The van der Waals surface area contributed by atoms with E-state index in [0.29, 0.717) is 18.0 Å². The molecule has 1 rings (SSSR count). The highest BCUT2D eigenvalue weighted by molar-refractivity contribution is 7.09. The molecular weight excluding hydrogens is 238 g/mol. The molecule has 0 bridgehead atoms. The number of nitrogens with zero attached hydrogens (tertiary/aromatic N) is 2. The number of aliphatic carboxylic acids is 1. The van der Waals surface area contributed by atoms with Crippen molar-refractivity contribution >= 4 is 22.6 Å². The molecule has 17 heavy (non-hydrogen) atoms. The van der Waals surface area contributed by atoms with Crippen molar-refractivity contribution < 1.29 is 9.90 Å². The van der Waals surface area contributed by atoms with E-state index < -0.39 is 11.5 Å². The van der Waals surface area contributed by atoms with Crippen LogP contribution in [-0.4, -0.2) is 26.0 Å². The summed E-state index contributed by atoms with van der Waals surface area (Å²) in [6.07, 6.45) is 2.85. The molecular formula is C11H19N3O2S. The number of aryl methyl sites for hydroxylation is 1. The lowest BCUT2D eigenvalue weighted by molar-refractivity contribution is -0.142. The van der Waals surface area contributed by atoms with Crippen LogP contribution < -0.4 is 5.32 Å². The van der Waals surface area contributed by atoms with Gasteiger partial charge in [-0.25, -0.2) is 9.78 Å². The zero-order valence-corrected chi connectivity index (χ0v) is 11.3. The largest absolute Gasteiger partial charge is 0.480 e. The Bertz CT molecular complexity index is 375.